The highest BCUT2D eigenvalue weighted by molar-refractivity contribution is 5.97. The first-order valence-corrected chi connectivity index (χ1v) is 14.2. The van der Waals surface area contributed by atoms with Gasteiger partial charge >= 0.3 is 0 Å². The summed E-state index contributed by atoms with van der Waals surface area (Å²) in [6.45, 7) is 3.54. The molecule has 0 bridgehead atoms. The Balaban J connectivity index is 1.26. The van der Waals surface area contributed by atoms with E-state index in [0.29, 0.717) is 0 Å². The van der Waals surface area contributed by atoms with Crippen LogP contribution in [0.2, 0.25) is 0 Å². The van der Waals surface area contributed by atoms with E-state index in [-0.39, 0.29) is 0 Å². The normalized spacial score (nSPS) is 15.0. The lowest BCUT2D eigenvalue weighted by molar-refractivity contribution is 0.596. The van der Waals surface area contributed by atoms with Gasteiger partial charge in [-0.2, -0.15) is 0 Å². The lowest BCUT2D eigenvalue weighted by atomic mass is 9.99. The summed E-state index contributed by atoms with van der Waals surface area (Å²) < 4.78 is 2.34. The Bertz CT molecular complexity index is 1910. The Morgan fingerprint density at radius 3 is 2.32 bits per heavy atom. The van der Waals surface area contributed by atoms with E-state index in [9.17, 15) is 0 Å². The predicted molar refractivity (Wildman–Crippen MR) is 170 cm³/mol. The van der Waals surface area contributed by atoms with E-state index >= 15 is 0 Å². The molecule has 3 aromatic heterocycles. The molecule has 7 nitrogen and oxygen atoms in total. The van der Waals surface area contributed by atoms with Crippen molar-refractivity contribution in [2.24, 2.45) is 0 Å². The molecule has 0 atom stereocenters. The van der Waals surface area contributed by atoms with E-state index in [2.05, 4.69) is 134 Å². The summed E-state index contributed by atoms with van der Waals surface area (Å²) >= 11 is 0. The molecule has 2 aliphatic heterocycles. The van der Waals surface area contributed by atoms with Crippen molar-refractivity contribution in [2.75, 3.05) is 60.0 Å². The number of hydrogen-bond donors (Lipinski definition) is 0. The molecule has 0 unspecified atom stereocenters. The summed E-state index contributed by atoms with van der Waals surface area (Å²) in [5.41, 5.74) is 4.53. The van der Waals surface area contributed by atoms with Crippen LogP contribution in [0.3, 0.4) is 0 Å². The number of hydrogen-bond acceptors (Lipinski definition) is 6. The van der Waals surface area contributed by atoms with Crippen molar-refractivity contribution in [3.63, 3.8) is 0 Å². The van der Waals surface area contributed by atoms with Crippen LogP contribution in [0, 0.1) is 0 Å². The zero-order chi connectivity index (χ0) is 27.5. The predicted octanol–water partition coefficient (Wildman–Crippen LogP) is 6.56. The van der Waals surface area contributed by atoms with Gasteiger partial charge in [0, 0.05) is 56.9 Å². The van der Waals surface area contributed by atoms with Crippen molar-refractivity contribution in [1.82, 2.24) is 14.6 Å². The van der Waals surface area contributed by atoms with Crippen LogP contribution < -0.4 is 19.7 Å². The highest BCUT2D eigenvalue weighted by Gasteiger charge is 2.34. The van der Waals surface area contributed by atoms with Crippen LogP contribution in [-0.4, -0.2) is 54.9 Å². The Hall–Kier alpha value is -5.04. The third kappa shape index (κ3) is 3.80. The highest BCUT2D eigenvalue weighted by Crippen LogP contribution is 2.45. The van der Waals surface area contributed by atoms with Crippen molar-refractivity contribution in [3.05, 3.63) is 103 Å². The molecule has 3 aromatic carbocycles. The van der Waals surface area contributed by atoms with E-state index in [4.69, 9.17) is 4.98 Å². The van der Waals surface area contributed by atoms with Crippen molar-refractivity contribution in [2.45, 2.75) is 0 Å². The Kier molecular flexibility index (Phi) is 5.38. The summed E-state index contributed by atoms with van der Waals surface area (Å²) in [5.74, 6) is 4.24. The Morgan fingerprint density at radius 2 is 1.44 bits per heavy atom. The highest BCUT2D eigenvalue weighted by atomic mass is 15.6. The topological polar surface area (TPSA) is 43.7 Å². The van der Waals surface area contributed by atoms with E-state index in [0.717, 1.165) is 60.1 Å². The SMILES string of the molecule is CN1CCN(c2ccccn2)c2cc3n(c21)N(C)CCN3c1ccc2cccc(-c3ccc4ccccc4c3)c2n1. The molecule has 0 N–H and O–H groups in total. The minimum atomic E-state index is 0.851. The molecule has 0 spiro atoms. The van der Waals surface area contributed by atoms with E-state index < -0.39 is 0 Å². The van der Waals surface area contributed by atoms with E-state index in [1.165, 1.54) is 27.8 Å². The summed E-state index contributed by atoms with van der Waals surface area (Å²) in [6, 6.07) is 34.5. The third-order valence-corrected chi connectivity index (χ3v) is 8.46. The fraction of sp³-hybridized carbons (Fsp3) is 0.176. The lowest BCUT2D eigenvalue weighted by Crippen LogP contribution is -2.47. The standard InChI is InChI=1S/C34H31N7/c1-37-18-20-39(30-12-5-6-17-35-30)29-23-32-40(21-19-38(2)41(32)34(29)37)31-16-15-25-10-7-11-28(33(25)36-31)27-14-13-24-8-3-4-9-26(24)22-27/h3-17,22-23H,18-21H2,1-2H3. The second-order valence-electron chi connectivity index (χ2n) is 10.9. The monoisotopic (exact) mass is 537 g/mol. The average molecular weight is 538 g/mol. The smallest absolute Gasteiger partial charge is 0.154 e. The summed E-state index contributed by atoms with van der Waals surface area (Å²) in [7, 11) is 4.35. The number of aromatic nitrogens is 3. The molecule has 0 saturated heterocycles. The first-order valence-electron chi connectivity index (χ1n) is 14.2. The summed E-state index contributed by atoms with van der Waals surface area (Å²) in [4.78, 5) is 17.1. The summed E-state index contributed by atoms with van der Waals surface area (Å²) in [6.07, 6.45) is 1.87. The first-order chi connectivity index (χ1) is 20.2. The van der Waals surface area contributed by atoms with Gasteiger partial charge in [-0.15, -0.1) is 0 Å². The Labute approximate surface area is 239 Å². The van der Waals surface area contributed by atoms with Gasteiger partial charge in [0.1, 0.15) is 17.5 Å². The number of fused-ring (bicyclic) bond motifs is 5. The van der Waals surface area contributed by atoms with Crippen molar-refractivity contribution >= 4 is 50.6 Å². The zero-order valence-electron chi connectivity index (χ0n) is 23.3. The molecule has 8 rings (SSSR count). The van der Waals surface area contributed by atoms with Gasteiger partial charge in [-0.05, 0) is 46.7 Å². The second kappa shape index (κ2) is 9.27. The van der Waals surface area contributed by atoms with Gasteiger partial charge in [-0.25, -0.2) is 14.6 Å². The van der Waals surface area contributed by atoms with Gasteiger partial charge in [0.15, 0.2) is 5.82 Å². The number of anilines is 5. The van der Waals surface area contributed by atoms with Crippen LogP contribution in [0.1, 0.15) is 0 Å². The molecule has 5 heterocycles. The minimum absolute atomic E-state index is 0.851. The van der Waals surface area contributed by atoms with Crippen LogP contribution in [0.5, 0.6) is 0 Å². The maximum absolute atomic E-state index is 5.34. The Morgan fingerprint density at radius 1 is 0.634 bits per heavy atom. The fourth-order valence-corrected chi connectivity index (χ4v) is 6.35. The maximum Gasteiger partial charge on any atom is 0.154 e. The first kappa shape index (κ1) is 23.8. The molecular formula is C34H31N7. The van der Waals surface area contributed by atoms with E-state index in [1.54, 1.807) is 0 Å². The fourth-order valence-electron chi connectivity index (χ4n) is 6.35. The molecule has 202 valence electrons. The van der Waals surface area contributed by atoms with Crippen LogP contribution in [-0.2, 0) is 0 Å². The van der Waals surface area contributed by atoms with E-state index in [1.807, 2.05) is 12.3 Å². The molecule has 2 aliphatic rings. The van der Waals surface area contributed by atoms with Gasteiger partial charge in [0.2, 0.25) is 0 Å². The average Bonchev–Trinajstić information content (AvgIpc) is 3.43. The molecule has 41 heavy (non-hydrogen) atoms. The number of para-hydroxylation sites is 1. The number of nitrogens with zero attached hydrogens (tertiary/aromatic N) is 7. The molecule has 6 aromatic rings. The van der Waals surface area contributed by atoms with Gasteiger partial charge < -0.3 is 19.7 Å². The van der Waals surface area contributed by atoms with Gasteiger partial charge in [-0.1, -0.05) is 60.7 Å². The number of pyridine rings is 2. The molecule has 0 saturated carbocycles. The molecule has 7 heteroatoms. The third-order valence-electron chi connectivity index (χ3n) is 8.46. The number of likely N-dealkylation sites (N-methyl/N-ethyl adjacent to an activating group) is 2. The summed E-state index contributed by atoms with van der Waals surface area (Å²) in [5, 5.41) is 5.94. The largest absolute Gasteiger partial charge is 0.356 e. The van der Waals surface area contributed by atoms with Crippen molar-refractivity contribution < 1.29 is 0 Å². The lowest BCUT2D eigenvalue weighted by Gasteiger charge is -2.40. The van der Waals surface area contributed by atoms with Crippen LogP contribution in [0.4, 0.5) is 29.0 Å². The number of rotatable bonds is 3. The van der Waals surface area contributed by atoms with Gasteiger partial charge in [-0.3, -0.25) is 0 Å². The molecule has 0 aliphatic carbocycles. The van der Waals surface area contributed by atoms with Crippen LogP contribution in [0.25, 0.3) is 32.8 Å². The molecular weight excluding hydrogens is 506 g/mol. The van der Waals surface area contributed by atoms with Crippen LogP contribution >= 0.6 is 0 Å². The van der Waals surface area contributed by atoms with Crippen molar-refractivity contribution in [3.8, 4) is 11.1 Å². The minimum Gasteiger partial charge on any atom is -0.356 e. The zero-order valence-corrected chi connectivity index (χ0v) is 23.3. The van der Waals surface area contributed by atoms with Crippen LogP contribution in [0.15, 0.2) is 103 Å². The maximum atomic E-state index is 5.34. The molecule has 0 radical (unpaired) electrons. The van der Waals surface area contributed by atoms with Gasteiger partial charge in [0.05, 0.1) is 17.7 Å². The number of benzene rings is 3. The quantitative estimate of drug-likeness (QED) is 0.255. The molecule has 0 amide bonds. The van der Waals surface area contributed by atoms with Gasteiger partial charge in [0.25, 0.3) is 0 Å². The molecule has 0 fully saturated rings. The van der Waals surface area contributed by atoms with Crippen molar-refractivity contribution in [1.29, 1.82) is 0 Å². The second-order valence-corrected chi connectivity index (χ2v) is 10.9.